The number of ether oxygens (including phenoxy) is 2. The zero-order chi connectivity index (χ0) is 22.7. The Morgan fingerprint density at radius 2 is 1.52 bits per heavy atom. The molecule has 168 valence electrons. The first-order chi connectivity index (χ1) is 13.2. The molecule has 8 atom stereocenters. The molecule has 0 bridgehead atoms. The molecule has 1 aliphatic heterocycles. The first-order valence-electron chi connectivity index (χ1n) is 10.4. The summed E-state index contributed by atoms with van der Waals surface area (Å²) in [4.78, 5) is 38.4. The normalized spacial score (nSPS) is 43.6. The van der Waals surface area contributed by atoms with E-state index in [9.17, 15) is 24.6 Å². The van der Waals surface area contributed by atoms with Crippen LogP contribution < -0.4 is 0 Å². The fraction of sp³-hybridized carbons (Fsp3) is 0.864. The summed E-state index contributed by atoms with van der Waals surface area (Å²) in [5.41, 5.74) is -2.60. The van der Waals surface area contributed by atoms with E-state index in [1.54, 1.807) is 27.7 Å². The van der Waals surface area contributed by atoms with E-state index in [1.807, 2.05) is 6.92 Å². The molecular weight excluding hydrogens is 376 g/mol. The van der Waals surface area contributed by atoms with Gasteiger partial charge in [0, 0.05) is 24.9 Å². The molecule has 0 aliphatic carbocycles. The van der Waals surface area contributed by atoms with E-state index in [2.05, 4.69) is 0 Å². The average Bonchev–Trinajstić information content (AvgIpc) is 2.67. The van der Waals surface area contributed by atoms with Crippen LogP contribution in [0.15, 0.2) is 0 Å². The van der Waals surface area contributed by atoms with E-state index >= 15 is 0 Å². The van der Waals surface area contributed by atoms with Crippen LogP contribution in [0, 0.1) is 23.7 Å². The summed E-state index contributed by atoms with van der Waals surface area (Å²) in [6.07, 6.45) is -1.55. The summed E-state index contributed by atoms with van der Waals surface area (Å²) in [7, 11) is 1.53. The van der Waals surface area contributed by atoms with Gasteiger partial charge in [0.15, 0.2) is 0 Å². The Kier molecular flexibility index (Phi) is 8.57. The molecule has 0 amide bonds. The maximum Gasteiger partial charge on any atom is 0.316 e. The lowest BCUT2D eigenvalue weighted by Gasteiger charge is -2.40. The smallest absolute Gasteiger partial charge is 0.316 e. The molecular formula is C22H38O7. The van der Waals surface area contributed by atoms with Crippen LogP contribution in [0.5, 0.6) is 0 Å². The Hall–Kier alpha value is -1.31. The minimum Gasteiger partial charge on any atom is -0.459 e. The van der Waals surface area contributed by atoms with E-state index in [1.165, 1.54) is 21.0 Å². The third-order valence-electron chi connectivity index (χ3n) is 6.52. The van der Waals surface area contributed by atoms with Gasteiger partial charge >= 0.3 is 5.97 Å². The number of Topliss-reactive ketones (excluding diaryl/α,β-unsaturated/α-hetero) is 2. The van der Waals surface area contributed by atoms with Crippen LogP contribution in [0.1, 0.15) is 67.7 Å². The Morgan fingerprint density at radius 1 is 1.03 bits per heavy atom. The molecule has 1 heterocycles. The maximum absolute atomic E-state index is 13.0. The highest BCUT2D eigenvalue weighted by Gasteiger charge is 2.47. The lowest BCUT2D eigenvalue weighted by atomic mass is 9.75. The van der Waals surface area contributed by atoms with Crippen LogP contribution in [0.25, 0.3) is 0 Å². The van der Waals surface area contributed by atoms with E-state index in [-0.39, 0.29) is 18.0 Å². The molecule has 0 aromatic heterocycles. The molecule has 7 heteroatoms. The molecule has 0 aromatic carbocycles. The van der Waals surface area contributed by atoms with Gasteiger partial charge < -0.3 is 19.7 Å². The third-order valence-corrected chi connectivity index (χ3v) is 6.52. The minimum absolute atomic E-state index is 0.216. The van der Waals surface area contributed by atoms with Crippen LogP contribution in [0.4, 0.5) is 0 Å². The number of carbonyl (C=O) groups is 3. The number of esters is 1. The summed E-state index contributed by atoms with van der Waals surface area (Å²) in [5.74, 6) is -4.04. The van der Waals surface area contributed by atoms with Crippen molar-refractivity contribution >= 4 is 17.5 Å². The van der Waals surface area contributed by atoms with E-state index < -0.39 is 53.1 Å². The molecule has 0 radical (unpaired) electrons. The van der Waals surface area contributed by atoms with Crippen molar-refractivity contribution in [2.45, 2.75) is 91.1 Å². The van der Waals surface area contributed by atoms with E-state index in [4.69, 9.17) is 9.47 Å². The van der Waals surface area contributed by atoms with Gasteiger partial charge in [0.25, 0.3) is 0 Å². The lowest BCUT2D eigenvalue weighted by molar-refractivity contribution is -0.190. The standard InChI is InChI=1S/C22H38O7/c1-9-16-22(7,27)19(25)14(4)17(23)12(2)10-21(6,28-8)11-13(3)18(24)15(5)20(26)29-16/h12-16,19,25,27H,9-11H2,1-8H3/t12-,13-,14+,15-,16-,19-,21-,22-/m1/s1. The van der Waals surface area contributed by atoms with E-state index in [0.29, 0.717) is 12.8 Å². The Balaban J connectivity index is 3.40. The summed E-state index contributed by atoms with van der Waals surface area (Å²) in [5, 5.41) is 21.7. The minimum atomic E-state index is -1.84. The molecule has 1 fully saturated rings. The first kappa shape index (κ1) is 25.7. The van der Waals surface area contributed by atoms with Crippen molar-refractivity contribution in [1.29, 1.82) is 0 Å². The van der Waals surface area contributed by atoms with Gasteiger partial charge in [0.2, 0.25) is 0 Å². The fourth-order valence-electron chi connectivity index (χ4n) is 4.45. The Labute approximate surface area is 174 Å². The van der Waals surface area contributed by atoms with Gasteiger partial charge in [-0.2, -0.15) is 0 Å². The van der Waals surface area contributed by atoms with Gasteiger partial charge in [-0.05, 0) is 40.0 Å². The van der Waals surface area contributed by atoms with Gasteiger partial charge in [-0.15, -0.1) is 0 Å². The predicted molar refractivity (Wildman–Crippen MR) is 108 cm³/mol. The number of cyclic esters (lactones) is 1. The Bertz CT molecular complexity index is 614. The number of carbonyl (C=O) groups excluding carboxylic acids is 3. The summed E-state index contributed by atoms with van der Waals surface area (Å²) in [6.45, 7) is 11.4. The monoisotopic (exact) mass is 414 g/mol. The molecule has 0 spiro atoms. The van der Waals surface area contributed by atoms with Gasteiger partial charge in [0.1, 0.15) is 29.2 Å². The number of aliphatic hydroxyl groups is 2. The molecule has 29 heavy (non-hydrogen) atoms. The second kappa shape index (κ2) is 9.67. The summed E-state index contributed by atoms with van der Waals surface area (Å²) in [6, 6.07) is 0. The van der Waals surface area contributed by atoms with Crippen molar-refractivity contribution in [3.05, 3.63) is 0 Å². The zero-order valence-corrected chi connectivity index (χ0v) is 19.0. The molecule has 0 saturated carbocycles. The first-order valence-corrected chi connectivity index (χ1v) is 10.4. The molecule has 1 saturated heterocycles. The van der Waals surface area contributed by atoms with Crippen LogP contribution in [-0.2, 0) is 23.9 Å². The van der Waals surface area contributed by atoms with Crippen LogP contribution in [0.3, 0.4) is 0 Å². The van der Waals surface area contributed by atoms with E-state index in [0.717, 1.165) is 0 Å². The highest BCUT2D eigenvalue weighted by atomic mass is 16.6. The molecule has 0 unspecified atom stereocenters. The van der Waals surface area contributed by atoms with Crippen molar-refractivity contribution in [3.8, 4) is 0 Å². The SMILES string of the molecule is CC[C@H]1OC(=O)[C@H](C)C(=O)[C@H](C)C[C@](C)(OC)C[C@@H](C)C(=O)[C@H](C)[C@@H](O)[C@]1(C)O. The average molecular weight is 415 g/mol. The van der Waals surface area contributed by atoms with Gasteiger partial charge in [-0.3, -0.25) is 14.4 Å². The molecule has 1 rings (SSSR count). The Morgan fingerprint density at radius 3 is 1.97 bits per heavy atom. The topological polar surface area (TPSA) is 110 Å². The number of methoxy groups -OCH3 is 1. The predicted octanol–water partition coefficient (Wildman–Crippen LogP) is 2.30. The second-order valence-corrected chi connectivity index (χ2v) is 9.18. The maximum atomic E-state index is 13.0. The van der Waals surface area contributed by atoms with Gasteiger partial charge in [-0.25, -0.2) is 0 Å². The number of hydrogen-bond acceptors (Lipinski definition) is 7. The van der Waals surface area contributed by atoms with Crippen molar-refractivity contribution in [3.63, 3.8) is 0 Å². The lowest BCUT2D eigenvalue weighted by Crippen LogP contribution is -2.56. The summed E-state index contributed by atoms with van der Waals surface area (Å²) >= 11 is 0. The zero-order valence-electron chi connectivity index (χ0n) is 19.0. The van der Waals surface area contributed by atoms with Crippen molar-refractivity contribution in [2.24, 2.45) is 23.7 Å². The van der Waals surface area contributed by atoms with Crippen LogP contribution in [-0.4, -0.2) is 58.3 Å². The largest absolute Gasteiger partial charge is 0.459 e. The molecule has 1 aliphatic rings. The molecule has 2 N–H and O–H groups in total. The highest BCUT2D eigenvalue weighted by molar-refractivity contribution is 5.99. The number of hydrogen-bond donors (Lipinski definition) is 2. The number of rotatable bonds is 2. The summed E-state index contributed by atoms with van der Waals surface area (Å²) < 4.78 is 11.1. The van der Waals surface area contributed by atoms with Crippen molar-refractivity contribution in [2.75, 3.05) is 7.11 Å². The quantitative estimate of drug-likeness (QED) is 0.527. The molecule has 0 aromatic rings. The molecule has 7 nitrogen and oxygen atoms in total. The fourth-order valence-corrected chi connectivity index (χ4v) is 4.45. The number of aliphatic hydroxyl groups excluding tert-OH is 1. The number of ketones is 2. The van der Waals surface area contributed by atoms with Crippen molar-refractivity contribution < 1.29 is 34.1 Å². The van der Waals surface area contributed by atoms with Crippen LogP contribution in [0.2, 0.25) is 0 Å². The second-order valence-electron chi connectivity index (χ2n) is 9.18. The van der Waals surface area contributed by atoms with Crippen LogP contribution >= 0.6 is 0 Å². The van der Waals surface area contributed by atoms with Crippen molar-refractivity contribution in [1.82, 2.24) is 0 Å². The highest BCUT2D eigenvalue weighted by Crippen LogP contribution is 2.34. The third kappa shape index (κ3) is 5.64. The van der Waals surface area contributed by atoms with Gasteiger partial charge in [0.05, 0.1) is 11.7 Å². The van der Waals surface area contributed by atoms with Gasteiger partial charge in [-0.1, -0.05) is 27.7 Å².